The minimum Gasteiger partial charge on any atom is -0.496 e. The van der Waals surface area contributed by atoms with Crippen molar-refractivity contribution in [2.24, 2.45) is 5.73 Å². The second-order valence-electron chi connectivity index (χ2n) is 5.12. The van der Waals surface area contributed by atoms with Gasteiger partial charge in [-0.2, -0.15) is 0 Å². The Morgan fingerprint density at radius 1 is 1.28 bits per heavy atom. The third-order valence-electron chi connectivity index (χ3n) is 3.98. The number of thioether (sulfide) groups is 1. The molecule has 1 aromatic rings. The number of rotatable bonds is 2. The summed E-state index contributed by atoms with van der Waals surface area (Å²) in [5.41, 5.74) is 7.48. The van der Waals surface area contributed by atoms with Gasteiger partial charge in [0.05, 0.1) is 12.0 Å². The van der Waals surface area contributed by atoms with Gasteiger partial charge < -0.3 is 15.2 Å². The maximum atomic E-state index is 6.61. The lowest BCUT2D eigenvalue weighted by atomic mass is 9.77. The van der Waals surface area contributed by atoms with E-state index in [4.69, 9.17) is 15.2 Å². The van der Waals surface area contributed by atoms with Gasteiger partial charge in [0.2, 0.25) is 0 Å². The first kappa shape index (κ1) is 12.2. The summed E-state index contributed by atoms with van der Waals surface area (Å²) in [6.45, 7) is 0. The number of hydrogen-bond donors (Lipinski definition) is 1. The van der Waals surface area contributed by atoms with Crippen molar-refractivity contribution in [3.8, 4) is 11.5 Å². The van der Waals surface area contributed by atoms with Crippen molar-refractivity contribution in [1.82, 2.24) is 0 Å². The van der Waals surface area contributed by atoms with Gasteiger partial charge in [-0.3, -0.25) is 0 Å². The van der Waals surface area contributed by atoms with Crippen LogP contribution in [0.15, 0.2) is 17.0 Å². The van der Waals surface area contributed by atoms with Crippen LogP contribution < -0.4 is 15.2 Å². The monoisotopic (exact) mass is 265 g/mol. The number of hydrogen-bond acceptors (Lipinski definition) is 4. The Bertz CT molecular complexity index is 455. The van der Waals surface area contributed by atoms with Gasteiger partial charge in [-0.15, -0.1) is 0 Å². The van der Waals surface area contributed by atoms with Gasteiger partial charge in [0, 0.05) is 11.1 Å². The highest BCUT2D eigenvalue weighted by Gasteiger charge is 2.33. The predicted molar refractivity (Wildman–Crippen MR) is 73.3 cm³/mol. The Kier molecular flexibility index (Phi) is 3.16. The Labute approximate surface area is 112 Å². The molecule has 98 valence electrons. The molecule has 1 heterocycles. The van der Waals surface area contributed by atoms with Crippen LogP contribution in [0.1, 0.15) is 37.7 Å². The molecule has 3 nitrogen and oxygen atoms in total. The fourth-order valence-corrected chi connectivity index (χ4v) is 3.70. The van der Waals surface area contributed by atoms with Gasteiger partial charge in [-0.1, -0.05) is 31.0 Å². The normalized spacial score (nSPS) is 21.2. The lowest BCUT2D eigenvalue weighted by molar-refractivity contribution is 0.286. The molecule has 1 aliphatic carbocycles. The molecule has 0 bridgehead atoms. The fraction of sp³-hybridized carbons (Fsp3) is 0.571. The van der Waals surface area contributed by atoms with Gasteiger partial charge in [0.1, 0.15) is 17.4 Å². The molecule has 0 unspecified atom stereocenters. The zero-order valence-corrected chi connectivity index (χ0v) is 11.5. The second kappa shape index (κ2) is 4.67. The molecule has 0 saturated heterocycles. The average Bonchev–Trinajstić information content (AvgIpc) is 2.85. The van der Waals surface area contributed by atoms with E-state index in [0.29, 0.717) is 5.94 Å². The van der Waals surface area contributed by atoms with E-state index in [-0.39, 0.29) is 5.54 Å². The summed E-state index contributed by atoms with van der Waals surface area (Å²) < 4.78 is 11.2. The molecule has 0 atom stereocenters. The molecule has 0 aromatic heterocycles. The van der Waals surface area contributed by atoms with Crippen LogP contribution in [0.5, 0.6) is 11.5 Å². The van der Waals surface area contributed by atoms with Crippen LogP contribution in [-0.4, -0.2) is 13.0 Å². The molecular weight excluding hydrogens is 246 g/mol. The van der Waals surface area contributed by atoms with Gasteiger partial charge in [0.15, 0.2) is 0 Å². The highest BCUT2D eigenvalue weighted by molar-refractivity contribution is 7.99. The highest BCUT2D eigenvalue weighted by Crippen LogP contribution is 2.46. The summed E-state index contributed by atoms with van der Waals surface area (Å²) in [4.78, 5) is 1.16. The second-order valence-corrected chi connectivity index (χ2v) is 6.09. The van der Waals surface area contributed by atoms with Gasteiger partial charge in [-0.05, 0) is 25.0 Å². The molecule has 1 fully saturated rings. The molecule has 18 heavy (non-hydrogen) atoms. The molecule has 2 aliphatic rings. The molecule has 3 rings (SSSR count). The average molecular weight is 265 g/mol. The zero-order valence-electron chi connectivity index (χ0n) is 10.7. The first-order chi connectivity index (χ1) is 8.73. The number of fused-ring (bicyclic) bond motifs is 1. The van der Waals surface area contributed by atoms with E-state index in [1.54, 1.807) is 18.9 Å². The SMILES string of the molecule is COc1cc2c(cc1C1(N)CCCCC1)OCS2. The maximum absolute atomic E-state index is 6.61. The molecule has 4 heteroatoms. The summed E-state index contributed by atoms with van der Waals surface area (Å²) in [6, 6.07) is 4.17. The van der Waals surface area contributed by atoms with Gasteiger partial charge in [-0.25, -0.2) is 0 Å². The quantitative estimate of drug-likeness (QED) is 0.891. The maximum Gasteiger partial charge on any atom is 0.138 e. The summed E-state index contributed by atoms with van der Waals surface area (Å²) in [5.74, 6) is 2.57. The van der Waals surface area contributed by atoms with Crippen molar-refractivity contribution in [2.75, 3.05) is 13.0 Å². The summed E-state index contributed by atoms with van der Waals surface area (Å²) in [7, 11) is 1.72. The van der Waals surface area contributed by atoms with Gasteiger partial charge >= 0.3 is 0 Å². The van der Waals surface area contributed by atoms with Crippen molar-refractivity contribution in [2.45, 2.75) is 42.5 Å². The third kappa shape index (κ3) is 1.97. The van der Waals surface area contributed by atoms with Crippen molar-refractivity contribution in [3.63, 3.8) is 0 Å². The van der Waals surface area contributed by atoms with E-state index in [1.807, 2.05) is 0 Å². The summed E-state index contributed by atoms with van der Waals surface area (Å²) >= 11 is 1.71. The summed E-state index contributed by atoms with van der Waals surface area (Å²) in [6.07, 6.45) is 5.77. The van der Waals surface area contributed by atoms with Crippen molar-refractivity contribution >= 4 is 11.8 Å². The largest absolute Gasteiger partial charge is 0.496 e. The van der Waals surface area contributed by atoms with Gasteiger partial charge in [0.25, 0.3) is 0 Å². The number of nitrogens with two attached hydrogens (primary N) is 1. The Balaban J connectivity index is 2.04. The number of ether oxygens (including phenoxy) is 2. The van der Waals surface area contributed by atoms with Crippen LogP contribution >= 0.6 is 11.8 Å². The Morgan fingerprint density at radius 2 is 2.06 bits per heavy atom. The smallest absolute Gasteiger partial charge is 0.138 e. The molecule has 1 aliphatic heterocycles. The minimum absolute atomic E-state index is 0.241. The van der Waals surface area contributed by atoms with Crippen molar-refractivity contribution in [1.29, 1.82) is 0 Å². The fourth-order valence-electron chi connectivity index (χ4n) is 2.93. The van der Waals surface area contributed by atoms with Crippen LogP contribution in [0.2, 0.25) is 0 Å². The Hall–Kier alpha value is -0.870. The first-order valence-corrected chi connectivity index (χ1v) is 7.48. The van der Waals surface area contributed by atoms with E-state index in [0.717, 1.165) is 34.8 Å². The van der Waals surface area contributed by atoms with Crippen molar-refractivity contribution < 1.29 is 9.47 Å². The standard InChI is InChI=1S/C14H19NO2S/c1-16-11-8-13-12(17-9-18-13)7-10(11)14(15)5-3-2-4-6-14/h7-8H,2-6,9,15H2,1H3. The van der Waals surface area contributed by atoms with E-state index in [2.05, 4.69) is 12.1 Å². The van der Waals surface area contributed by atoms with E-state index < -0.39 is 0 Å². The lowest BCUT2D eigenvalue weighted by Crippen LogP contribution is -2.38. The van der Waals surface area contributed by atoms with Crippen LogP contribution in [0.4, 0.5) is 0 Å². The molecule has 0 spiro atoms. The molecule has 0 amide bonds. The molecule has 1 saturated carbocycles. The minimum atomic E-state index is -0.241. The highest BCUT2D eigenvalue weighted by atomic mass is 32.2. The number of methoxy groups -OCH3 is 1. The predicted octanol–water partition coefficient (Wildman–Crippen LogP) is 3.26. The Morgan fingerprint density at radius 3 is 2.78 bits per heavy atom. The van der Waals surface area contributed by atoms with Crippen LogP contribution in [-0.2, 0) is 5.54 Å². The molecule has 1 aromatic carbocycles. The number of benzene rings is 1. The molecule has 0 radical (unpaired) electrons. The summed E-state index contributed by atoms with van der Waals surface area (Å²) in [5, 5.41) is 0. The zero-order chi connectivity index (χ0) is 12.6. The molecular formula is C14H19NO2S. The van der Waals surface area contributed by atoms with Crippen LogP contribution in [0, 0.1) is 0 Å². The van der Waals surface area contributed by atoms with Crippen LogP contribution in [0.3, 0.4) is 0 Å². The first-order valence-electron chi connectivity index (χ1n) is 6.50. The van der Waals surface area contributed by atoms with Crippen molar-refractivity contribution in [3.05, 3.63) is 17.7 Å². The molecule has 2 N–H and O–H groups in total. The topological polar surface area (TPSA) is 44.5 Å². The van der Waals surface area contributed by atoms with Crippen LogP contribution in [0.25, 0.3) is 0 Å². The van der Waals surface area contributed by atoms with E-state index in [1.165, 1.54) is 19.3 Å². The van der Waals surface area contributed by atoms with E-state index >= 15 is 0 Å². The van der Waals surface area contributed by atoms with E-state index in [9.17, 15) is 0 Å². The third-order valence-corrected chi connectivity index (χ3v) is 4.84. The lowest BCUT2D eigenvalue weighted by Gasteiger charge is -2.35.